The summed E-state index contributed by atoms with van der Waals surface area (Å²) in [6.07, 6.45) is 1.59. The van der Waals surface area contributed by atoms with E-state index in [1.165, 1.54) is 11.3 Å². The fourth-order valence-corrected chi connectivity index (χ4v) is 3.58. The first-order chi connectivity index (χ1) is 9.07. The zero-order valence-corrected chi connectivity index (χ0v) is 12.1. The van der Waals surface area contributed by atoms with Gasteiger partial charge in [-0.2, -0.15) is 0 Å². The van der Waals surface area contributed by atoms with Gasteiger partial charge in [0.15, 0.2) is 0 Å². The summed E-state index contributed by atoms with van der Waals surface area (Å²) < 4.78 is 11.3. The van der Waals surface area contributed by atoms with Gasteiger partial charge in [0, 0.05) is 37.5 Å². The number of nitrogens with zero attached hydrogens (tertiary/aromatic N) is 1. The van der Waals surface area contributed by atoms with Gasteiger partial charge >= 0.3 is 5.97 Å². The molecule has 106 valence electrons. The summed E-state index contributed by atoms with van der Waals surface area (Å²) in [6.45, 7) is 5.76. The average Bonchev–Trinajstić information content (AvgIpc) is 2.72. The Bertz CT molecular complexity index is 446. The monoisotopic (exact) mass is 285 g/mol. The van der Waals surface area contributed by atoms with E-state index in [2.05, 4.69) is 4.98 Å². The van der Waals surface area contributed by atoms with Crippen LogP contribution in [0.3, 0.4) is 0 Å². The second kappa shape index (κ2) is 5.98. The van der Waals surface area contributed by atoms with E-state index < -0.39 is 5.97 Å². The van der Waals surface area contributed by atoms with Crippen molar-refractivity contribution < 1.29 is 19.4 Å². The maximum absolute atomic E-state index is 10.8. The molecule has 0 atom stereocenters. The second-order valence-electron chi connectivity index (χ2n) is 4.64. The lowest BCUT2D eigenvalue weighted by Crippen LogP contribution is -2.36. The van der Waals surface area contributed by atoms with Crippen LogP contribution in [0.15, 0.2) is 0 Å². The smallest absolute Gasteiger partial charge is 0.308 e. The average molecular weight is 285 g/mol. The molecule has 0 radical (unpaired) electrons. The zero-order valence-electron chi connectivity index (χ0n) is 11.3. The van der Waals surface area contributed by atoms with Crippen molar-refractivity contribution >= 4 is 17.3 Å². The zero-order chi connectivity index (χ0) is 13.9. The van der Waals surface area contributed by atoms with Crippen LogP contribution in [-0.2, 0) is 26.3 Å². The molecule has 1 N–H and O–H groups in total. The largest absolute Gasteiger partial charge is 0.481 e. The maximum atomic E-state index is 10.8. The summed E-state index contributed by atoms with van der Waals surface area (Å²) in [5.74, 6) is -0.823. The van der Waals surface area contributed by atoms with Crippen molar-refractivity contribution in [3.05, 3.63) is 15.6 Å². The number of carbonyl (C=O) groups is 1. The standard InChI is InChI=1S/C13H19NO4S/c1-3-18-13(4-6-17-7-5-13)12-14-9(2)10(19-12)8-11(15)16/h3-8H2,1-2H3,(H,15,16). The van der Waals surface area contributed by atoms with Gasteiger partial charge in [0.1, 0.15) is 10.6 Å². The van der Waals surface area contributed by atoms with Crippen molar-refractivity contribution in [1.82, 2.24) is 4.98 Å². The Kier molecular flexibility index (Phi) is 4.54. The molecular weight excluding hydrogens is 266 g/mol. The molecule has 2 heterocycles. The quantitative estimate of drug-likeness (QED) is 0.897. The first kappa shape index (κ1) is 14.4. The molecule has 6 heteroatoms. The van der Waals surface area contributed by atoms with Gasteiger partial charge in [-0.3, -0.25) is 4.79 Å². The first-order valence-corrected chi connectivity index (χ1v) is 7.29. The molecular formula is C13H19NO4S. The van der Waals surface area contributed by atoms with Gasteiger partial charge in [0.2, 0.25) is 0 Å². The van der Waals surface area contributed by atoms with E-state index in [9.17, 15) is 4.79 Å². The van der Waals surface area contributed by atoms with Gasteiger partial charge in [0.25, 0.3) is 0 Å². The van der Waals surface area contributed by atoms with Crippen molar-refractivity contribution in [2.45, 2.75) is 38.7 Å². The summed E-state index contributed by atoms with van der Waals surface area (Å²) in [6, 6.07) is 0. The molecule has 0 amide bonds. The third-order valence-electron chi connectivity index (χ3n) is 3.32. The summed E-state index contributed by atoms with van der Waals surface area (Å²) in [5.41, 5.74) is 0.409. The second-order valence-corrected chi connectivity index (χ2v) is 5.72. The predicted octanol–water partition coefficient (Wildman–Crippen LogP) is 2.12. The minimum Gasteiger partial charge on any atom is -0.481 e. The van der Waals surface area contributed by atoms with Crippen molar-refractivity contribution in [2.75, 3.05) is 19.8 Å². The van der Waals surface area contributed by atoms with Crippen molar-refractivity contribution in [3.63, 3.8) is 0 Å². The van der Waals surface area contributed by atoms with Crippen LogP contribution in [0.1, 0.15) is 35.3 Å². The minimum atomic E-state index is -0.823. The molecule has 1 aliphatic heterocycles. The maximum Gasteiger partial charge on any atom is 0.308 e. The molecule has 0 spiro atoms. The molecule has 0 bridgehead atoms. The van der Waals surface area contributed by atoms with Gasteiger partial charge in [-0.25, -0.2) is 4.98 Å². The summed E-state index contributed by atoms with van der Waals surface area (Å²) >= 11 is 1.46. The van der Waals surface area contributed by atoms with Crippen LogP contribution >= 0.6 is 11.3 Å². The first-order valence-electron chi connectivity index (χ1n) is 6.47. The number of rotatable bonds is 5. The minimum absolute atomic E-state index is 0.0300. The Hall–Kier alpha value is -0.980. The number of hydrogen-bond donors (Lipinski definition) is 1. The van der Waals surface area contributed by atoms with Gasteiger partial charge in [-0.15, -0.1) is 11.3 Å². The van der Waals surface area contributed by atoms with Crippen LogP contribution in [0.2, 0.25) is 0 Å². The van der Waals surface area contributed by atoms with E-state index in [0.717, 1.165) is 28.4 Å². The van der Waals surface area contributed by atoms with E-state index >= 15 is 0 Å². The molecule has 1 fully saturated rings. The number of carboxylic acid groups (broad SMARTS) is 1. The van der Waals surface area contributed by atoms with E-state index in [4.69, 9.17) is 14.6 Å². The van der Waals surface area contributed by atoms with Gasteiger partial charge in [0.05, 0.1) is 12.1 Å². The van der Waals surface area contributed by atoms with E-state index in [-0.39, 0.29) is 12.0 Å². The van der Waals surface area contributed by atoms with E-state index in [1.54, 1.807) is 0 Å². The van der Waals surface area contributed by atoms with Crippen LogP contribution < -0.4 is 0 Å². The van der Waals surface area contributed by atoms with Crippen LogP contribution in [0.25, 0.3) is 0 Å². The van der Waals surface area contributed by atoms with Gasteiger partial charge < -0.3 is 14.6 Å². The fraction of sp³-hybridized carbons (Fsp3) is 0.692. The SMILES string of the molecule is CCOC1(c2nc(C)c(CC(=O)O)s2)CCOCC1. The lowest BCUT2D eigenvalue weighted by atomic mass is 9.95. The molecule has 5 nitrogen and oxygen atoms in total. The molecule has 0 aromatic carbocycles. The molecule has 1 aromatic rings. The van der Waals surface area contributed by atoms with Gasteiger partial charge in [-0.05, 0) is 13.8 Å². The third-order valence-corrected chi connectivity index (χ3v) is 4.66. The van der Waals surface area contributed by atoms with Crippen molar-refractivity contribution in [1.29, 1.82) is 0 Å². The number of ether oxygens (including phenoxy) is 2. The topological polar surface area (TPSA) is 68.7 Å². The predicted molar refractivity (Wildman–Crippen MR) is 71.5 cm³/mol. The number of hydrogen-bond acceptors (Lipinski definition) is 5. The molecule has 1 aromatic heterocycles. The van der Waals surface area contributed by atoms with E-state index in [0.29, 0.717) is 19.8 Å². The molecule has 0 saturated carbocycles. The van der Waals surface area contributed by atoms with Crippen LogP contribution in [0, 0.1) is 6.92 Å². The number of thiazole rings is 1. The summed E-state index contributed by atoms with van der Waals surface area (Å²) in [4.78, 5) is 16.2. The van der Waals surface area contributed by atoms with Crippen LogP contribution in [0.5, 0.6) is 0 Å². The van der Waals surface area contributed by atoms with Crippen molar-refractivity contribution in [3.8, 4) is 0 Å². The Morgan fingerprint density at radius 1 is 1.53 bits per heavy atom. The van der Waals surface area contributed by atoms with Crippen molar-refractivity contribution in [2.24, 2.45) is 0 Å². The highest BCUT2D eigenvalue weighted by Crippen LogP contribution is 2.39. The fourth-order valence-electron chi connectivity index (χ4n) is 2.32. The third kappa shape index (κ3) is 3.13. The number of aliphatic carboxylic acids is 1. The van der Waals surface area contributed by atoms with Crippen LogP contribution in [-0.4, -0.2) is 35.9 Å². The lowest BCUT2D eigenvalue weighted by molar-refractivity contribution is -0.136. The molecule has 19 heavy (non-hydrogen) atoms. The number of aromatic nitrogens is 1. The summed E-state index contributed by atoms with van der Waals surface area (Å²) in [7, 11) is 0. The molecule has 0 unspecified atom stereocenters. The highest BCUT2D eigenvalue weighted by Gasteiger charge is 2.38. The highest BCUT2D eigenvalue weighted by atomic mass is 32.1. The Labute approximate surface area is 116 Å². The molecule has 1 aliphatic rings. The Balaban J connectivity index is 2.29. The van der Waals surface area contributed by atoms with Crippen LogP contribution in [0.4, 0.5) is 0 Å². The summed E-state index contributed by atoms with van der Waals surface area (Å²) in [5, 5.41) is 9.80. The molecule has 0 aliphatic carbocycles. The molecule has 1 saturated heterocycles. The molecule has 2 rings (SSSR count). The normalized spacial score (nSPS) is 18.4. The number of carboxylic acids is 1. The Morgan fingerprint density at radius 3 is 2.79 bits per heavy atom. The Morgan fingerprint density at radius 2 is 2.21 bits per heavy atom. The lowest BCUT2D eigenvalue weighted by Gasteiger charge is -2.35. The van der Waals surface area contributed by atoms with E-state index in [1.807, 2.05) is 13.8 Å². The van der Waals surface area contributed by atoms with Gasteiger partial charge in [-0.1, -0.05) is 0 Å². The number of aryl methyl sites for hydroxylation is 1. The highest BCUT2D eigenvalue weighted by molar-refractivity contribution is 7.12.